The van der Waals surface area contributed by atoms with Gasteiger partial charge in [-0.15, -0.1) is 0 Å². The van der Waals surface area contributed by atoms with Crippen LogP contribution in [0.5, 0.6) is 5.75 Å². The number of rotatable bonds is 3. The van der Waals surface area contributed by atoms with E-state index in [0.717, 1.165) is 18.4 Å². The molecule has 0 aliphatic rings. The molecule has 6 heteroatoms. The van der Waals surface area contributed by atoms with Crippen molar-refractivity contribution in [2.45, 2.75) is 19.8 Å². The number of phenolic OH excluding ortho intramolecular Hbond substituents is 1. The zero-order chi connectivity index (χ0) is 18.3. The van der Waals surface area contributed by atoms with Crippen molar-refractivity contribution in [3.8, 4) is 5.75 Å². The number of hydrogen-bond acceptors (Lipinski definition) is 3. The van der Waals surface area contributed by atoms with Crippen LogP contribution in [0.15, 0.2) is 36.4 Å². The lowest BCUT2D eigenvalue weighted by molar-refractivity contribution is -0.108. The second kappa shape index (κ2) is 6.12. The lowest BCUT2D eigenvalue weighted by atomic mass is 9.99. The molecule has 1 aromatic heterocycles. The van der Waals surface area contributed by atoms with Crippen LogP contribution in [-0.4, -0.2) is 21.9 Å². The third-order valence-electron chi connectivity index (χ3n) is 4.27. The summed E-state index contributed by atoms with van der Waals surface area (Å²) < 4.78 is 28.0. The number of phenols is 1. The largest absolute Gasteiger partial charge is 0.508 e. The van der Waals surface area contributed by atoms with Crippen molar-refractivity contribution in [1.82, 2.24) is 4.57 Å². The minimum atomic E-state index is -1.11. The second-order valence-corrected chi connectivity index (χ2v) is 5.89. The Morgan fingerprint density at radius 3 is 2.52 bits per heavy atom. The molecule has 1 atom stereocenters. The van der Waals surface area contributed by atoms with E-state index in [9.17, 15) is 23.5 Å². The summed E-state index contributed by atoms with van der Waals surface area (Å²) in [5.74, 6) is -3.19. The number of fused-ring (bicyclic) bond motifs is 1. The van der Waals surface area contributed by atoms with Crippen molar-refractivity contribution in [1.29, 1.82) is 0 Å². The number of halogens is 2. The highest BCUT2D eigenvalue weighted by atomic mass is 19.2. The second-order valence-electron chi connectivity index (χ2n) is 5.89. The van der Waals surface area contributed by atoms with Gasteiger partial charge in [0.15, 0.2) is 11.6 Å². The molecule has 1 N–H and O–H groups in total. The molecular formula is C19H15F2NO3. The molecule has 0 aliphatic carbocycles. The molecule has 0 unspecified atom stereocenters. The van der Waals surface area contributed by atoms with Crippen LogP contribution in [0.4, 0.5) is 8.78 Å². The molecule has 3 rings (SSSR count). The normalized spacial score (nSPS) is 12.3. The van der Waals surface area contributed by atoms with Crippen LogP contribution >= 0.6 is 0 Å². The Labute approximate surface area is 142 Å². The van der Waals surface area contributed by atoms with Crippen molar-refractivity contribution in [3.63, 3.8) is 0 Å². The fraction of sp³-hybridized carbons (Fsp3) is 0.158. The van der Waals surface area contributed by atoms with Gasteiger partial charge in [-0.3, -0.25) is 9.36 Å². The summed E-state index contributed by atoms with van der Waals surface area (Å²) in [6.45, 7) is 3.36. The quantitative estimate of drug-likeness (QED) is 0.733. The van der Waals surface area contributed by atoms with Crippen molar-refractivity contribution >= 4 is 23.1 Å². The number of aromatic hydroxyl groups is 1. The zero-order valence-corrected chi connectivity index (χ0v) is 13.6. The lowest BCUT2D eigenvalue weighted by Gasteiger charge is -2.09. The van der Waals surface area contributed by atoms with Crippen LogP contribution in [0.3, 0.4) is 0 Å². The summed E-state index contributed by atoms with van der Waals surface area (Å²) >= 11 is 0. The predicted octanol–water partition coefficient (Wildman–Crippen LogP) is 3.92. The Morgan fingerprint density at radius 2 is 1.88 bits per heavy atom. The van der Waals surface area contributed by atoms with Gasteiger partial charge in [0.1, 0.15) is 12.0 Å². The molecule has 0 spiro atoms. The van der Waals surface area contributed by atoms with Gasteiger partial charge in [-0.1, -0.05) is 6.92 Å². The third-order valence-corrected chi connectivity index (χ3v) is 4.27. The zero-order valence-electron chi connectivity index (χ0n) is 13.6. The highest BCUT2D eigenvalue weighted by Crippen LogP contribution is 2.33. The fourth-order valence-electron chi connectivity index (χ4n) is 3.09. The van der Waals surface area contributed by atoms with Crippen molar-refractivity contribution in [2.24, 2.45) is 0 Å². The van der Waals surface area contributed by atoms with E-state index in [0.29, 0.717) is 22.2 Å². The highest BCUT2D eigenvalue weighted by molar-refractivity contribution is 6.05. The van der Waals surface area contributed by atoms with Gasteiger partial charge in [-0.2, -0.15) is 0 Å². The third kappa shape index (κ3) is 2.69. The first kappa shape index (κ1) is 16.8. The molecule has 4 nitrogen and oxygen atoms in total. The van der Waals surface area contributed by atoms with E-state index in [1.54, 1.807) is 19.9 Å². The summed E-state index contributed by atoms with van der Waals surface area (Å²) in [5, 5.41) is 10.3. The SMILES string of the molecule is Cc1c([C@H](C)C=O)c2cc(O)ccc2n1C(=O)c1ccc(F)c(F)c1. The molecule has 1 heterocycles. The molecule has 3 aromatic rings. The average molecular weight is 343 g/mol. The summed E-state index contributed by atoms with van der Waals surface area (Å²) in [6.07, 6.45) is 0.748. The first-order valence-electron chi connectivity index (χ1n) is 7.64. The standard InChI is InChI=1S/C19H15F2NO3/c1-10(9-23)18-11(2)22(17-6-4-13(24)8-14(17)18)19(25)12-3-5-15(20)16(21)7-12/h3-10,24H,1-2H3/t10-/m1/s1. The molecular weight excluding hydrogens is 328 g/mol. The maximum absolute atomic E-state index is 13.5. The topological polar surface area (TPSA) is 59.3 Å². The summed E-state index contributed by atoms with van der Waals surface area (Å²) in [4.78, 5) is 24.1. The van der Waals surface area contributed by atoms with Gasteiger partial charge in [0.2, 0.25) is 0 Å². The van der Waals surface area contributed by atoms with Crippen LogP contribution < -0.4 is 0 Å². The highest BCUT2D eigenvalue weighted by Gasteiger charge is 2.23. The van der Waals surface area contributed by atoms with Gasteiger partial charge >= 0.3 is 0 Å². The van der Waals surface area contributed by atoms with E-state index in [-0.39, 0.29) is 11.3 Å². The van der Waals surface area contributed by atoms with E-state index in [4.69, 9.17) is 0 Å². The van der Waals surface area contributed by atoms with E-state index in [2.05, 4.69) is 0 Å². The van der Waals surface area contributed by atoms with E-state index >= 15 is 0 Å². The van der Waals surface area contributed by atoms with Crippen LogP contribution in [0.1, 0.15) is 34.5 Å². The molecule has 0 amide bonds. The Kier molecular flexibility index (Phi) is 4.12. The molecule has 25 heavy (non-hydrogen) atoms. The molecule has 0 aliphatic heterocycles. The summed E-state index contributed by atoms with van der Waals surface area (Å²) in [6, 6.07) is 7.39. The van der Waals surface area contributed by atoms with Crippen molar-refractivity contribution < 1.29 is 23.5 Å². The van der Waals surface area contributed by atoms with Gasteiger partial charge in [-0.05, 0) is 48.9 Å². The van der Waals surface area contributed by atoms with Gasteiger partial charge in [0.05, 0.1) is 5.52 Å². The number of carbonyl (C=O) groups excluding carboxylic acids is 2. The molecule has 0 radical (unpaired) electrons. The minimum Gasteiger partial charge on any atom is -0.508 e. The smallest absolute Gasteiger partial charge is 0.262 e. The average Bonchev–Trinajstić information content (AvgIpc) is 2.87. The maximum Gasteiger partial charge on any atom is 0.262 e. The number of benzene rings is 2. The first-order chi connectivity index (χ1) is 11.8. The van der Waals surface area contributed by atoms with E-state index < -0.39 is 23.5 Å². The minimum absolute atomic E-state index is 0.00396. The molecule has 0 fully saturated rings. The molecule has 128 valence electrons. The molecule has 0 saturated carbocycles. The van der Waals surface area contributed by atoms with Gasteiger partial charge in [0.25, 0.3) is 5.91 Å². The van der Waals surface area contributed by atoms with Crippen molar-refractivity contribution in [3.05, 3.63) is 64.9 Å². The van der Waals surface area contributed by atoms with Gasteiger partial charge < -0.3 is 9.90 Å². The number of nitrogens with zero attached hydrogens (tertiary/aromatic N) is 1. The van der Waals surface area contributed by atoms with Crippen LogP contribution in [-0.2, 0) is 4.79 Å². The van der Waals surface area contributed by atoms with Crippen LogP contribution in [0.25, 0.3) is 10.9 Å². The Hall–Kier alpha value is -3.02. The number of aromatic nitrogens is 1. The summed E-state index contributed by atoms with van der Waals surface area (Å²) in [5.41, 5.74) is 1.58. The molecule has 0 bridgehead atoms. The van der Waals surface area contributed by atoms with E-state index in [1.807, 2.05) is 0 Å². The fourth-order valence-corrected chi connectivity index (χ4v) is 3.09. The molecule has 2 aromatic carbocycles. The van der Waals surface area contributed by atoms with Crippen LogP contribution in [0.2, 0.25) is 0 Å². The van der Waals surface area contributed by atoms with Gasteiger partial charge in [0, 0.05) is 22.6 Å². The predicted molar refractivity (Wildman–Crippen MR) is 88.9 cm³/mol. The van der Waals surface area contributed by atoms with Crippen LogP contribution in [0, 0.1) is 18.6 Å². The van der Waals surface area contributed by atoms with E-state index in [1.165, 1.54) is 22.8 Å². The number of aldehydes is 1. The Morgan fingerprint density at radius 1 is 1.16 bits per heavy atom. The number of hydrogen-bond donors (Lipinski definition) is 1. The Balaban J connectivity index is 2.28. The Bertz CT molecular complexity index is 1010. The summed E-state index contributed by atoms with van der Waals surface area (Å²) in [7, 11) is 0. The maximum atomic E-state index is 13.5. The monoisotopic (exact) mass is 343 g/mol. The number of carbonyl (C=O) groups is 2. The van der Waals surface area contributed by atoms with Gasteiger partial charge in [-0.25, -0.2) is 8.78 Å². The first-order valence-corrected chi connectivity index (χ1v) is 7.64. The molecule has 0 saturated heterocycles. The lowest BCUT2D eigenvalue weighted by Crippen LogP contribution is -2.14. The van der Waals surface area contributed by atoms with Crippen molar-refractivity contribution in [2.75, 3.05) is 0 Å².